The molecule has 35 heavy (non-hydrogen) atoms. The van der Waals surface area contributed by atoms with E-state index < -0.39 is 0 Å². The number of nitrogens with one attached hydrogen (secondary N) is 1. The number of piperidine rings is 1. The molecule has 1 aliphatic heterocycles. The minimum absolute atomic E-state index is 0.236. The lowest BCUT2D eigenvalue weighted by Crippen LogP contribution is -2.32. The van der Waals surface area contributed by atoms with Crippen LogP contribution in [-0.2, 0) is 19.6 Å². The topological polar surface area (TPSA) is 72.5 Å². The molecule has 0 radical (unpaired) electrons. The molecule has 2 aromatic heterocycles. The van der Waals surface area contributed by atoms with E-state index in [-0.39, 0.29) is 18.3 Å². The van der Waals surface area contributed by atoms with Gasteiger partial charge in [-0.3, -0.25) is 10.1 Å². The number of likely N-dealkylation sites (tertiary alicyclic amines) is 1. The molecular weight excluding hydrogens is 440 g/mol. The maximum Gasteiger partial charge on any atom is 0.293 e. The third-order valence-electron chi connectivity index (χ3n) is 6.57. The number of benzene rings is 2. The van der Waals surface area contributed by atoms with Crippen LogP contribution in [0.2, 0.25) is 0 Å². The molecule has 1 saturated heterocycles. The SMILES string of the molecule is CCc1ccc(OCc2ccc(C(=O)Nc3nc4ccccc4n3CCN3CCCCC3)o2)cc1. The van der Waals surface area contributed by atoms with Gasteiger partial charge in [0.2, 0.25) is 5.95 Å². The summed E-state index contributed by atoms with van der Waals surface area (Å²) in [6.07, 6.45) is 4.81. The van der Waals surface area contributed by atoms with Gasteiger partial charge in [0.25, 0.3) is 5.91 Å². The molecule has 5 rings (SSSR count). The Kier molecular flexibility index (Phi) is 7.14. The normalized spacial score (nSPS) is 14.3. The summed E-state index contributed by atoms with van der Waals surface area (Å²) in [5.41, 5.74) is 3.14. The minimum atomic E-state index is -0.321. The zero-order chi connectivity index (χ0) is 24.0. The first-order valence-electron chi connectivity index (χ1n) is 12.5. The van der Waals surface area contributed by atoms with Gasteiger partial charge in [-0.1, -0.05) is 37.6 Å². The Hall–Kier alpha value is -3.58. The number of rotatable bonds is 9. The molecule has 7 nitrogen and oxygen atoms in total. The van der Waals surface area contributed by atoms with Crippen molar-refractivity contribution in [3.63, 3.8) is 0 Å². The predicted octanol–water partition coefficient (Wildman–Crippen LogP) is 5.51. The minimum Gasteiger partial charge on any atom is -0.486 e. The number of hydrogen-bond acceptors (Lipinski definition) is 5. The van der Waals surface area contributed by atoms with Gasteiger partial charge < -0.3 is 18.6 Å². The largest absolute Gasteiger partial charge is 0.486 e. The van der Waals surface area contributed by atoms with Gasteiger partial charge in [0.1, 0.15) is 18.1 Å². The molecule has 1 aliphatic rings. The van der Waals surface area contributed by atoms with Crippen molar-refractivity contribution in [1.82, 2.24) is 14.5 Å². The number of carbonyl (C=O) groups is 1. The van der Waals surface area contributed by atoms with Crippen LogP contribution in [0.5, 0.6) is 5.75 Å². The number of hydrogen-bond donors (Lipinski definition) is 1. The van der Waals surface area contributed by atoms with Crippen molar-refractivity contribution in [2.45, 2.75) is 45.8 Å². The molecule has 1 amide bonds. The van der Waals surface area contributed by atoms with Crippen molar-refractivity contribution >= 4 is 22.9 Å². The summed E-state index contributed by atoms with van der Waals surface area (Å²) in [5, 5.41) is 2.96. The Labute approximate surface area is 205 Å². The number of nitrogens with zero attached hydrogens (tertiary/aromatic N) is 3. The van der Waals surface area contributed by atoms with Crippen LogP contribution >= 0.6 is 0 Å². The van der Waals surface area contributed by atoms with Crippen LogP contribution in [0.4, 0.5) is 5.95 Å². The van der Waals surface area contributed by atoms with Gasteiger partial charge in [0, 0.05) is 13.1 Å². The van der Waals surface area contributed by atoms with Gasteiger partial charge in [-0.2, -0.15) is 0 Å². The summed E-state index contributed by atoms with van der Waals surface area (Å²) < 4.78 is 13.7. The van der Waals surface area contributed by atoms with E-state index in [1.54, 1.807) is 12.1 Å². The highest BCUT2D eigenvalue weighted by atomic mass is 16.5. The summed E-state index contributed by atoms with van der Waals surface area (Å²) in [7, 11) is 0. The molecule has 0 aliphatic carbocycles. The second-order valence-electron chi connectivity index (χ2n) is 8.98. The highest BCUT2D eigenvalue weighted by molar-refractivity contribution is 6.02. The lowest BCUT2D eigenvalue weighted by Gasteiger charge is -2.26. The number of aryl methyl sites for hydroxylation is 1. The summed E-state index contributed by atoms with van der Waals surface area (Å²) in [6.45, 7) is 6.35. The van der Waals surface area contributed by atoms with Gasteiger partial charge in [-0.05, 0) is 74.3 Å². The number of para-hydroxylation sites is 2. The number of ether oxygens (including phenoxy) is 1. The Balaban J connectivity index is 1.25. The van der Waals surface area contributed by atoms with Crippen LogP contribution in [0.25, 0.3) is 11.0 Å². The van der Waals surface area contributed by atoms with Gasteiger partial charge in [-0.15, -0.1) is 0 Å². The van der Waals surface area contributed by atoms with Gasteiger partial charge in [-0.25, -0.2) is 4.98 Å². The zero-order valence-corrected chi connectivity index (χ0v) is 20.2. The summed E-state index contributed by atoms with van der Waals surface area (Å²) >= 11 is 0. The highest BCUT2D eigenvalue weighted by Gasteiger charge is 2.18. The molecule has 0 spiro atoms. The fourth-order valence-corrected chi connectivity index (χ4v) is 4.54. The van der Waals surface area contributed by atoms with Crippen LogP contribution in [0.15, 0.2) is 65.1 Å². The van der Waals surface area contributed by atoms with Crippen LogP contribution in [-0.4, -0.2) is 40.0 Å². The number of aromatic nitrogens is 2. The van der Waals surface area contributed by atoms with Crippen molar-refractivity contribution in [3.05, 3.63) is 77.7 Å². The van der Waals surface area contributed by atoms with E-state index in [1.165, 1.54) is 24.8 Å². The molecule has 182 valence electrons. The predicted molar refractivity (Wildman–Crippen MR) is 137 cm³/mol. The van der Waals surface area contributed by atoms with Crippen molar-refractivity contribution < 1.29 is 13.9 Å². The first-order chi connectivity index (χ1) is 17.2. The standard InChI is InChI=1S/C28H32N4O3/c1-2-21-10-12-22(13-11-21)34-20-23-14-15-26(35-23)27(33)30-28-29-24-8-4-5-9-25(24)32(28)19-18-31-16-6-3-7-17-31/h4-5,8-15H,2-3,6-7,16-20H2,1H3,(H,29,30,33). The molecule has 3 heterocycles. The van der Waals surface area contributed by atoms with Crippen molar-refractivity contribution in [1.29, 1.82) is 0 Å². The molecule has 1 fully saturated rings. The van der Waals surface area contributed by atoms with E-state index in [4.69, 9.17) is 9.15 Å². The summed E-state index contributed by atoms with van der Waals surface area (Å²) in [4.78, 5) is 20.2. The van der Waals surface area contributed by atoms with E-state index in [9.17, 15) is 4.79 Å². The Morgan fingerprint density at radius 3 is 2.60 bits per heavy atom. The van der Waals surface area contributed by atoms with Crippen molar-refractivity contribution in [2.75, 3.05) is 25.0 Å². The van der Waals surface area contributed by atoms with E-state index in [0.717, 1.165) is 49.4 Å². The summed E-state index contributed by atoms with van der Waals surface area (Å²) in [6, 6.07) is 19.4. The van der Waals surface area contributed by atoms with Gasteiger partial charge in [0.05, 0.1) is 11.0 Å². The molecule has 0 unspecified atom stereocenters. The molecule has 4 aromatic rings. The zero-order valence-electron chi connectivity index (χ0n) is 20.2. The van der Waals surface area contributed by atoms with Crippen LogP contribution < -0.4 is 10.1 Å². The number of fused-ring (bicyclic) bond motifs is 1. The van der Waals surface area contributed by atoms with E-state index in [1.807, 2.05) is 48.5 Å². The smallest absolute Gasteiger partial charge is 0.293 e. The Morgan fingerprint density at radius 1 is 1.00 bits per heavy atom. The monoisotopic (exact) mass is 472 g/mol. The highest BCUT2D eigenvalue weighted by Crippen LogP contribution is 2.22. The second kappa shape index (κ2) is 10.8. The Bertz CT molecular complexity index is 1270. The van der Waals surface area contributed by atoms with Gasteiger partial charge >= 0.3 is 0 Å². The molecule has 0 saturated carbocycles. The first kappa shape index (κ1) is 23.2. The molecule has 1 N–H and O–H groups in total. The van der Waals surface area contributed by atoms with Crippen LogP contribution in [0.3, 0.4) is 0 Å². The van der Waals surface area contributed by atoms with Crippen molar-refractivity contribution in [2.24, 2.45) is 0 Å². The number of anilines is 1. The number of furan rings is 1. The number of carbonyl (C=O) groups excluding carboxylic acids is 1. The molecule has 2 aromatic carbocycles. The second-order valence-corrected chi connectivity index (χ2v) is 8.98. The van der Waals surface area contributed by atoms with E-state index >= 15 is 0 Å². The average Bonchev–Trinajstić information content (AvgIpc) is 3.52. The van der Waals surface area contributed by atoms with Crippen LogP contribution in [0, 0.1) is 0 Å². The molecule has 0 bridgehead atoms. The third-order valence-corrected chi connectivity index (χ3v) is 6.57. The summed E-state index contributed by atoms with van der Waals surface area (Å²) in [5.74, 6) is 1.82. The van der Waals surface area contributed by atoms with E-state index in [0.29, 0.717) is 11.7 Å². The van der Waals surface area contributed by atoms with Crippen LogP contribution in [0.1, 0.15) is 48.1 Å². The molecular formula is C28H32N4O3. The molecule has 7 heteroatoms. The fourth-order valence-electron chi connectivity index (χ4n) is 4.54. The maximum atomic E-state index is 13.0. The first-order valence-corrected chi connectivity index (χ1v) is 12.5. The van der Waals surface area contributed by atoms with E-state index in [2.05, 4.69) is 26.7 Å². The number of imidazole rings is 1. The third kappa shape index (κ3) is 5.57. The quantitative estimate of drug-likeness (QED) is 0.348. The van der Waals surface area contributed by atoms with Gasteiger partial charge in [0.15, 0.2) is 5.76 Å². The maximum absolute atomic E-state index is 13.0. The molecule has 0 atom stereocenters. The fraction of sp³-hybridized carbons (Fsp3) is 0.357. The lowest BCUT2D eigenvalue weighted by molar-refractivity contribution is 0.0991. The Morgan fingerprint density at radius 2 is 1.80 bits per heavy atom. The number of amides is 1. The lowest BCUT2D eigenvalue weighted by atomic mass is 10.1. The average molecular weight is 473 g/mol. The van der Waals surface area contributed by atoms with Crippen molar-refractivity contribution in [3.8, 4) is 5.75 Å².